The first-order valence-electron chi connectivity index (χ1n) is 11.0. The molecule has 182 valence electrons. The number of nitrogens with two attached hydrogens (primary N) is 2. The van der Waals surface area contributed by atoms with Gasteiger partial charge in [0, 0.05) is 60.5 Å². The lowest BCUT2D eigenvalue weighted by molar-refractivity contribution is -0.136. The van der Waals surface area contributed by atoms with Gasteiger partial charge in [-0.05, 0) is 17.5 Å². The van der Waals surface area contributed by atoms with Crippen molar-refractivity contribution in [1.82, 2.24) is 34.3 Å². The summed E-state index contributed by atoms with van der Waals surface area (Å²) in [5.41, 5.74) is 11.0. The first-order chi connectivity index (χ1) is 17.3. The van der Waals surface area contributed by atoms with E-state index in [-0.39, 0.29) is 17.1 Å². The number of imidazole rings is 1. The van der Waals surface area contributed by atoms with Crippen molar-refractivity contribution in [3.8, 4) is 11.3 Å². The average Bonchev–Trinajstić information content (AvgIpc) is 3.39. The Morgan fingerprint density at radius 3 is 2.69 bits per heavy atom. The molecule has 0 aliphatic carbocycles. The Hall–Kier alpha value is -4.68. The summed E-state index contributed by atoms with van der Waals surface area (Å²) < 4.78 is 45.1. The largest absolute Gasteiger partial charge is 0.419 e. The zero-order valence-corrected chi connectivity index (χ0v) is 18.7. The van der Waals surface area contributed by atoms with E-state index in [0.717, 1.165) is 36.9 Å². The summed E-state index contributed by atoms with van der Waals surface area (Å²) >= 11 is 0. The van der Waals surface area contributed by atoms with Gasteiger partial charge < -0.3 is 21.4 Å². The lowest BCUT2D eigenvalue weighted by atomic mass is 10.0. The van der Waals surface area contributed by atoms with Gasteiger partial charge in [0.2, 0.25) is 0 Å². The quantitative estimate of drug-likeness (QED) is 0.347. The molecule has 0 atom stereocenters. The Balaban J connectivity index is 1.36. The highest BCUT2D eigenvalue weighted by Gasteiger charge is 2.37. The summed E-state index contributed by atoms with van der Waals surface area (Å²) in [5, 5.41) is 8.85. The molecule has 5 aromatic rings. The number of rotatable bonds is 3. The van der Waals surface area contributed by atoms with Crippen LogP contribution in [0, 0.1) is 0 Å². The molecule has 0 radical (unpaired) electrons. The number of alkyl halides is 3. The molecule has 5 aromatic heterocycles. The number of nitrogens with one attached hydrogen (secondary N) is 1. The maximum atomic E-state index is 13.7. The standard InChI is InChI=1S/C23H19F3N10/c24-23(25,26)21-15(8-29-10-16(21)27)17-5-12-6-18(31-9-14(12)22(28)32-17)33-19-7-13-1-3-35-4-2-30-20(35)11-36(13)34-19/h2,4-10H,1,3,11,27H2,(H2,28,32)(H,31,33,34). The summed E-state index contributed by atoms with van der Waals surface area (Å²) in [4.78, 5) is 16.7. The van der Waals surface area contributed by atoms with Crippen molar-refractivity contribution in [2.45, 2.75) is 25.7 Å². The average molecular weight is 492 g/mol. The SMILES string of the molecule is Nc1cncc(-c2cc3cc(Nc4cc5n(n4)Cc4nccn4CC5)ncc3c(N)n2)c1C(F)(F)F. The molecule has 5 N–H and O–H groups in total. The van der Waals surface area contributed by atoms with Crippen LogP contribution in [0.4, 0.5) is 36.3 Å². The molecule has 13 heteroatoms. The zero-order valence-electron chi connectivity index (χ0n) is 18.7. The number of hydrogen-bond donors (Lipinski definition) is 3. The molecule has 10 nitrogen and oxygen atoms in total. The molecule has 0 saturated heterocycles. The Morgan fingerprint density at radius 1 is 1.00 bits per heavy atom. The van der Waals surface area contributed by atoms with Crippen LogP contribution in [0.2, 0.25) is 0 Å². The smallest absolute Gasteiger partial charge is 0.397 e. The van der Waals surface area contributed by atoms with E-state index >= 15 is 0 Å². The number of aromatic nitrogens is 7. The molecule has 0 aromatic carbocycles. The molecule has 0 unspecified atom stereocenters. The molecular formula is C23H19F3N10. The van der Waals surface area contributed by atoms with Crippen LogP contribution in [0.3, 0.4) is 0 Å². The number of nitrogen functional groups attached to an aromatic ring is 2. The van der Waals surface area contributed by atoms with E-state index in [2.05, 4.69) is 34.9 Å². The molecule has 6 rings (SSSR count). The molecule has 36 heavy (non-hydrogen) atoms. The second-order valence-electron chi connectivity index (χ2n) is 8.42. The summed E-state index contributed by atoms with van der Waals surface area (Å²) in [7, 11) is 0. The van der Waals surface area contributed by atoms with Gasteiger partial charge in [-0.2, -0.15) is 18.3 Å². The second-order valence-corrected chi connectivity index (χ2v) is 8.42. The number of halogens is 3. The Kier molecular flexibility index (Phi) is 4.81. The van der Waals surface area contributed by atoms with E-state index in [1.807, 2.05) is 16.9 Å². The topological polar surface area (TPSA) is 138 Å². The van der Waals surface area contributed by atoms with Crippen molar-refractivity contribution in [2.24, 2.45) is 0 Å². The number of hydrogen-bond acceptors (Lipinski definition) is 8. The number of pyridine rings is 3. The van der Waals surface area contributed by atoms with Gasteiger partial charge in [0.25, 0.3) is 0 Å². The van der Waals surface area contributed by atoms with Gasteiger partial charge >= 0.3 is 6.18 Å². The monoisotopic (exact) mass is 492 g/mol. The minimum absolute atomic E-state index is 0.00785. The summed E-state index contributed by atoms with van der Waals surface area (Å²) in [5.74, 6) is 2.02. The van der Waals surface area contributed by atoms with Crippen molar-refractivity contribution < 1.29 is 13.2 Å². The molecule has 0 spiro atoms. The van der Waals surface area contributed by atoms with Crippen LogP contribution < -0.4 is 16.8 Å². The fourth-order valence-corrected chi connectivity index (χ4v) is 4.42. The highest BCUT2D eigenvalue weighted by Crippen LogP contribution is 2.40. The number of nitrogens with zero attached hydrogens (tertiary/aromatic N) is 7. The third kappa shape index (κ3) is 3.74. The minimum atomic E-state index is -4.69. The molecule has 0 fully saturated rings. The molecule has 6 heterocycles. The van der Waals surface area contributed by atoms with Gasteiger partial charge in [0.05, 0.1) is 29.7 Å². The predicted octanol–water partition coefficient (Wildman–Crippen LogP) is 3.62. The van der Waals surface area contributed by atoms with Gasteiger partial charge in [-0.1, -0.05) is 0 Å². The minimum Gasteiger partial charge on any atom is -0.397 e. The Morgan fingerprint density at radius 2 is 1.86 bits per heavy atom. The van der Waals surface area contributed by atoms with Gasteiger partial charge in [-0.15, -0.1) is 0 Å². The van der Waals surface area contributed by atoms with Crippen LogP contribution in [0.15, 0.2) is 49.2 Å². The number of anilines is 4. The fourth-order valence-electron chi connectivity index (χ4n) is 4.42. The van der Waals surface area contributed by atoms with Crippen molar-refractivity contribution in [3.05, 3.63) is 66.3 Å². The Bertz CT molecular complexity index is 1620. The van der Waals surface area contributed by atoms with Crippen LogP contribution in [0.5, 0.6) is 0 Å². The summed E-state index contributed by atoms with van der Waals surface area (Å²) in [6.07, 6.45) is 3.39. The Labute approximate surface area is 201 Å². The zero-order chi connectivity index (χ0) is 25.0. The predicted molar refractivity (Wildman–Crippen MR) is 127 cm³/mol. The van der Waals surface area contributed by atoms with Crippen LogP contribution in [-0.2, 0) is 25.7 Å². The van der Waals surface area contributed by atoms with Crippen molar-refractivity contribution in [2.75, 3.05) is 16.8 Å². The maximum Gasteiger partial charge on any atom is 0.419 e. The summed E-state index contributed by atoms with van der Waals surface area (Å²) in [6.45, 7) is 1.36. The number of aryl methyl sites for hydroxylation is 2. The van der Waals surface area contributed by atoms with Crippen LogP contribution in [-0.4, -0.2) is 34.3 Å². The molecule has 0 bridgehead atoms. The highest BCUT2D eigenvalue weighted by atomic mass is 19.4. The van der Waals surface area contributed by atoms with Crippen molar-refractivity contribution in [3.63, 3.8) is 0 Å². The van der Waals surface area contributed by atoms with Crippen LogP contribution >= 0.6 is 0 Å². The van der Waals surface area contributed by atoms with Crippen molar-refractivity contribution in [1.29, 1.82) is 0 Å². The van der Waals surface area contributed by atoms with E-state index in [1.54, 1.807) is 12.3 Å². The molecule has 0 amide bonds. The first-order valence-corrected chi connectivity index (χ1v) is 11.0. The van der Waals surface area contributed by atoms with E-state index in [0.29, 0.717) is 29.0 Å². The molecular weight excluding hydrogens is 473 g/mol. The third-order valence-corrected chi connectivity index (χ3v) is 6.10. The van der Waals surface area contributed by atoms with Crippen molar-refractivity contribution >= 4 is 33.9 Å². The molecule has 0 saturated carbocycles. The number of fused-ring (bicyclic) bond motifs is 3. The van der Waals surface area contributed by atoms with Crippen LogP contribution in [0.1, 0.15) is 17.1 Å². The van der Waals surface area contributed by atoms with Gasteiger partial charge in [0.1, 0.15) is 17.5 Å². The van der Waals surface area contributed by atoms with E-state index in [9.17, 15) is 13.2 Å². The molecule has 1 aliphatic heterocycles. The third-order valence-electron chi connectivity index (χ3n) is 6.10. The molecule has 1 aliphatic rings. The van der Waals surface area contributed by atoms with E-state index in [1.165, 1.54) is 12.3 Å². The lowest BCUT2D eigenvalue weighted by Crippen LogP contribution is -2.12. The van der Waals surface area contributed by atoms with E-state index in [4.69, 9.17) is 11.5 Å². The van der Waals surface area contributed by atoms with E-state index < -0.39 is 17.4 Å². The highest BCUT2D eigenvalue weighted by molar-refractivity contribution is 5.95. The normalized spacial score (nSPS) is 13.3. The van der Waals surface area contributed by atoms with Crippen LogP contribution in [0.25, 0.3) is 22.0 Å². The first kappa shape index (κ1) is 21.8. The maximum absolute atomic E-state index is 13.7. The van der Waals surface area contributed by atoms with Gasteiger partial charge in [-0.25, -0.2) is 15.0 Å². The van der Waals surface area contributed by atoms with Gasteiger partial charge in [0.15, 0.2) is 5.82 Å². The van der Waals surface area contributed by atoms with Gasteiger partial charge in [-0.3, -0.25) is 9.67 Å². The lowest BCUT2D eigenvalue weighted by Gasteiger charge is -2.15. The second kappa shape index (κ2) is 7.93. The summed E-state index contributed by atoms with van der Waals surface area (Å²) in [6, 6.07) is 5.13. The fraction of sp³-hybridized carbons (Fsp3) is 0.174.